The van der Waals surface area contributed by atoms with Crippen molar-refractivity contribution in [3.63, 3.8) is 0 Å². The van der Waals surface area contributed by atoms with Gasteiger partial charge in [-0.3, -0.25) is 4.68 Å². The molecule has 1 aromatic rings. The molecular weight excluding hydrogens is 290 g/mol. The Morgan fingerprint density at radius 3 is 2.74 bits per heavy atom. The molecule has 1 fully saturated rings. The van der Waals surface area contributed by atoms with Gasteiger partial charge in [-0.2, -0.15) is 5.10 Å². The highest BCUT2D eigenvalue weighted by Crippen LogP contribution is 2.33. The lowest BCUT2D eigenvalue weighted by Crippen LogP contribution is -2.44. The van der Waals surface area contributed by atoms with Crippen LogP contribution in [-0.2, 0) is 17.8 Å². The third-order valence-corrected chi connectivity index (χ3v) is 4.85. The predicted octanol–water partition coefficient (Wildman–Crippen LogP) is 2.42. The van der Waals surface area contributed by atoms with Crippen LogP contribution >= 0.6 is 0 Å². The number of aromatic nitrogens is 2. The van der Waals surface area contributed by atoms with Crippen molar-refractivity contribution in [3.8, 4) is 0 Å². The van der Waals surface area contributed by atoms with Gasteiger partial charge in [-0.05, 0) is 38.0 Å². The number of hydrogen-bond donors (Lipinski definition) is 2. The zero-order valence-electron chi connectivity index (χ0n) is 15.4. The molecule has 2 rings (SSSR count). The minimum Gasteiger partial charge on any atom is -0.394 e. The summed E-state index contributed by atoms with van der Waals surface area (Å²) >= 11 is 0. The monoisotopic (exact) mass is 323 g/mol. The SMILES string of the molecule is Cc1nn(CCO)c(C)c1CNCC1CCCOC1C(C)(C)C. The van der Waals surface area contributed by atoms with E-state index in [1.807, 2.05) is 11.6 Å². The van der Waals surface area contributed by atoms with Gasteiger partial charge in [0, 0.05) is 31.0 Å². The van der Waals surface area contributed by atoms with Gasteiger partial charge >= 0.3 is 0 Å². The minimum atomic E-state index is 0.126. The maximum Gasteiger partial charge on any atom is 0.0663 e. The van der Waals surface area contributed by atoms with Gasteiger partial charge in [-0.1, -0.05) is 20.8 Å². The second-order valence-electron chi connectivity index (χ2n) is 7.79. The lowest BCUT2D eigenvalue weighted by Gasteiger charge is -2.40. The molecule has 0 saturated carbocycles. The Bertz CT molecular complexity index is 505. The molecule has 2 heterocycles. The number of ether oxygens (including phenoxy) is 1. The largest absolute Gasteiger partial charge is 0.394 e. The van der Waals surface area contributed by atoms with E-state index in [9.17, 15) is 0 Å². The predicted molar refractivity (Wildman–Crippen MR) is 92.4 cm³/mol. The zero-order chi connectivity index (χ0) is 17.0. The normalized spacial score (nSPS) is 22.5. The van der Waals surface area contributed by atoms with Crippen molar-refractivity contribution in [1.29, 1.82) is 0 Å². The van der Waals surface area contributed by atoms with Crippen LogP contribution < -0.4 is 5.32 Å². The Hall–Kier alpha value is -0.910. The first-order valence-electron chi connectivity index (χ1n) is 8.80. The quantitative estimate of drug-likeness (QED) is 0.844. The van der Waals surface area contributed by atoms with Crippen LogP contribution in [0.5, 0.6) is 0 Å². The molecule has 23 heavy (non-hydrogen) atoms. The smallest absolute Gasteiger partial charge is 0.0663 e. The first kappa shape index (κ1) is 18.4. The molecule has 5 nitrogen and oxygen atoms in total. The van der Waals surface area contributed by atoms with Crippen LogP contribution in [0.15, 0.2) is 0 Å². The average molecular weight is 323 g/mol. The third-order valence-electron chi connectivity index (χ3n) is 4.85. The number of hydrogen-bond acceptors (Lipinski definition) is 4. The fourth-order valence-corrected chi connectivity index (χ4v) is 3.69. The number of nitrogens with one attached hydrogen (secondary N) is 1. The molecule has 0 aliphatic carbocycles. The first-order chi connectivity index (χ1) is 10.8. The Balaban J connectivity index is 1.94. The summed E-state index contributed by atoms with van der Waals surface area (Å²) in [6, 6.07) is 0. The van der Waals surface area contributed by atoms with E-state index >= 15 is 0 Å². The summed E-state index contributed by atoms with van der Waals surface area (Å²) in [6.45, 7) is 14.3. The minimum absolute atomic E-state index is 0.126. The van der Waals surface area contributed by atoms with E-state index in [0.717, 1.165) is 37.5 Å². The average Bonchev–Trinajstić information content (AvgIpc) is 2.74. The third kappa shape index (κ3) is 4.55. The van der Waals surface area contributed by atoms with Crippen LogP contribution in [0, 0.1) is 25.2 Å². The van der Waals surface area contributed by atoms with Gasteiger partial charge in [-0.25, -0.2) is 0 Å². The fraction of sp³-hybridized carbons (Fsp3) is 0.833. The number of aliphatic hydroxyl groups excluding tert-OH is 1. The summed E-state index contributed by atoms with van der Waals surface area (Å²) < 4.78 is 7.95. The molecule has 132 valence electrons. The van der Waals surface area contributed by atoms with Crippen molar-refractivity contribution in [2.75, 3.05) is 19.8 Å². The van der Waals surface area contributed by atoms with Gasteiger partial charge in [0.15, 0.2) is 0 Å². The summed E-state index contributed by atoms with van der Waals surface area (Å²) in [5.41, 5.74) is 3.64. The highest BCUT2D eigenvalue weighted by Gasteiger charge is 2.35. The maximum absolute atomic E-state index is 9.11. The van der Waals surface area contributed by atoms with E-state index in [2.05, 4.69) is 38.1 Å². The van der Waals surface area contributed by atoms with E-state index < -0.39 is 0 Å². The zero-order valence-corrected chi connectivity index (χ0v) is 15.4. The molecule has 1 saturated heterocycles. The molecule has 2 atom stereocenters. The Morgan fingerprint density at radius 1 is 1.35 bits per heavy atom. The van der Waals surface area contributed by atoms with Crippen LogP contribution in [0.1, 0.15) is 50.6 Å². The molecule has 0 aromatic carbocycles. The molecule has 1 aliphatic heterocycles. The van der Waals surface area contributed by atoms with Gasteiger partial charge in [-0.15, -0.1) is 0 Å². The Labute approximate surface area is 140 Å². The van der Waals surface area contributed by atoms with Gasteiger partial charge in [0.05, 0.1) is 24.9 Å². The molecule has 0 bridgehead atoms. The van der Waals surface area contributed by atoms with Crippen LogP contribution in [0.3, 0.4) is 0 Å². The molecule has 1 aliphatic rings. The molecule has 1 aromatic heterocycles. The number of aliphatic hydroxyl groups is 1. The van der Waals surface area contributed by atoms with Crippen LogP contribution in [0.25, 0.3) is 0 Å². The van der Waals surface area contributed by atoms with Crippen molar-refractivity contribution in [2.24, 2.45) is 11.3 Å². The summed E-state index contributed by atoms with van der Waals surface area (Å²) in [7, 11) is 0. The van der Waals surface area contributed by atoms with Crippen molar-refractivity contribution in [3.05, 3.63) is 17.0 Å². The second kappa shape index (κ2) is 7.77. The topological polar surface area (TPSA) is 59.3 Å². The highest BCUT2D eigenvalue weighted by atomic mass is 16.5. The van der Waals surface area contributed by atoms with E-state index in [4.69, 9.17) is 9.84 Å². The highest BCUT2D eigenvalue weighted by molar-refractivity contribution is 5.24. The van der Waals surface area contributed by atoms with Crippen molar-refractivity contribution >= 4 is 0 Å². The molecule has 2 unspecified atom stereocenters. The number of rotatable bonds is 6. The lowest BCUT2D eigenvalue weighted by molar-refractivity contribution is -0.0845. The van der Waals surface area contributed by atoms with Gasteiger partial charge in [0.25, 0.3) is 0 Å². The van der Waals surface area contributed by atoms with Crippen molar-refractivity contribution < 1.29 is 9.84 Å². The van der Waals surface area contributed by atoms with Gasteiger partial charge in [0.2, 0.25) is 0 Å². The van der Waals surface area contributed by atoms with Crippen LogP contribution in [-0.4, -0.2) is 40.7 Å². The molecule has 0 radical (unpaired) electrons. The van der Waals surface area contributed by atoms with E-state index in [1.165, 1.54) is 12.0 Å². The Kier molecular flexibility index (Phi) is 6.23. The second-order valence-corrected chi connectivity index (χ2v) is 7.79. The van der Waals surface area contributed by atoms with Crippen molar-refractivity contribution in [1.82, 2.24) is 15.1 Å². The fourth-order valence-electron chi connectivity index (χ4n) is 3.69. The van der Waals surface area contributed by atoms with Gasteiger partial charge in [0.1, 0.15) is 0 Å². The first-order valence-corrected chi connectivity index (χ1v) is 8.80. The van der Waals surface area contributed by atoms with E-state index in [0.29, 0.717) is 18.6 Å². The molecular formula is C18H33N3O2. The van der Waals surface area contributed by atoms with Crippen LogP contribution in [0.2, 0.25) is 0 Å². The molecule has 5 heteroatoms. The molecule has 2 N–H and O–H groups in total. The standard InChI is InChI=1S/C18H33N3O2/c1-13-16(14(2)21(20-13)8-9-22)12-19-11-15-7-6-10-23-17(15)18(3,4)5/h15,17,19,22H,6-12H2,1-5H3. The summed E-state index contributed by atoms with van der Waals surface area (Å²) in [4.78, 5) is 0. The number of nitrogens with zero attached hydrogens (tertiary/aromatic N) is 2. The molecule has 0 spiro atoms. The van der Waals surface area contributed by atoms with E-state index in [-0.39, 0.29) is 12.0 Å². The lowest BCUT2D eigenvalue weighted by atomic mass is 9.78. The summed E-state index contributed by atoms with van der Waals surface area (Å²) in [5.74, 6) is 0.567. The summed E-state index contributed by atoms with van der Waals surface area (Å²) in [6.07, 6.45) is 2.71. The number of aryl methyl sites for hydroxylation is 1. The van der Waals surface area contributed by atoms with Crippen LogP contribution in [0.4, 0.5) is 0 Å². The Morgan fingerprint density at radius 2 is 2.09 bits per heavy atom. The molecule has 0 amide bonds. The van der Waals surface area contributed by atoms with E-state index in [1.54, 1.807) is 0 Å². The van der Waals surface area contributed by atoms with Gasteiger partial charge < -0.3 is 15.2 Å². The maximum atomic E-state index is 9.11. The summed E-state index contributed by atoms with van der Waals surface area (Å²) in [5, 5.41) is 17.2. The van der Waals surface area contributed by atoms with Crippen molar-refractivity contribution in [2.45, 2.75) is 66.7 Å².